The Hall–Kier alpha value is -1.69. The molecular weight excluding hydrogens is 287 g/mol. The molecule has 0 bridgehead atoms. The van der Waals surface area contributed by atoms with Crippen LogP contribution in [0.25, 0.3) is 0 Å². The van der Waals surface area contributed by atoms with Crippen LogP contribution in [0.5, 0.6) is 0 Å². The second-order valence-corrected chi connectivity index (χ2v) is 4.36. The number of halogens is 2. The van der Waals surface area contributed by atoms with Crippen LogP contribution >= 0.6 is 15.9 Å². The number of aryl methyl sites for hydroxylation is 1. The van der Waals surface area contributed by atoms with Crippen molar-refractivity contribution < 1.29 is 4.39 Å². The summed E-state index contributed by atoms with van der Waals surface area (Å²) in [4.78, 5) is 4.01. The Morgan fingerprint density at radius 1 is 1.53 bits per heavy atom. The molecule has 1 aromatic heterocycles. The van der Waals surface area contributed by atoms with Gasteiger partial charge in [-0.1, -0.05) is 6.07 Å². The van der Waals surface area contributed by atoms with E-state index in [1.54, 1.807) is 24.5 Å². The highest BCUT2D eigenvalue weighted by Gasteiger charge is 2.00. The van der Waals surface area contributed by atoms with Gasteiger partial charge in [-0.15, -0.1) is 0 Å². The van der Waals surface area contributed by atoms with E-state index in [4.69, 9.17) is 5.73 Å². The number of anilines is 1. The first-order chi connectivity index (χ1) is 8.06. The van der Waals surface area contributed by atoms with Gasteiger partial charge in [0, 0.05) is 0 Å². The monoisotopic (exact) mass is 296 g/mol. The van der Waals surface area contributed by atoms with Crippen molar-refractivity contribution >= 4 is 28.1 Å². The zero-order chi connectivity index (χ0) is 12.4. The van der Waals surface area contributed by atoms with Crippen molar-refractivity contribution in [2.75, 3.05) is 5.73 Å². The Balaban J connectivity index is 2.26. The number of hydrogen-bond acceptors (Lipinski definition) is 3. The molecule has 1 aromatic carbocycles. The van der Waals surface area contributed by atoms with Crippen molar-refractivity contribution in [1.82, 2.24) is 9.66 Å². The Morgan fingerprint density at radius 3 is 2.88 bits per heavy atom. The van der Waals surface area contributed by atoms with Gasteiger partial charge in [-0.25, -0.2) is 14.1 Å². The van der Waals surface area contributed by atoms with Crippen LogP contribution in [0.1, 0.15) is 11.3 Å². The number of benzene rings is 1. The van der Waals surface area contributed by atoms with Crippen molar-refractivity contribution in [3.8, 4) is 0 Å². The molecule has 2 N–H and O–H groups in total. The maximum Gasteiger partial charge on any atom is 0.221 e. The van der Waals surface area contributed by atoms with E-state index >= 15 is 0 Å². The molecule has 2 aromatic rings. The Morgan fingerprint density at radius 2 is 2.29 bits per heavy atom. The minimum Gasteiger partial charge on any atom is -0.368 e. The number of nitrogens with zero attached hydrogens (tertiary/aromatic N) is 3. The van der Waals surface area contributed by atoms with Crippen LogP contribution in [0.3, 0.4) is 0 Å². The minimum atomic E-state index is -0.305. The van der Waals surface area contributed by atoms with E-state index in [-0.39, 0.29) is 5.82 Å². The lowest BCUT2D eigenvalue weighted by Gasteiger charge is -1.97. The van der Waals surface area contributed by atoms with E-state index in [1.165, 1.54) is 10.7 Å². The standard InChI is InChI=1S/C11H10BrFN4/c1-7-6-17(11(14)16-7)15-5-8-2-3-10(13)9(12)4-8/h2-6H,1H3,(H2,14,16). The van der Waals surface area contributed by atoms with Gasteiger partial charge in [-0.3, -0.25) is 0 Å². The zero-order valence-corrected chi connectivity index (χ0v) is 10.6. The van der Waals surface area contributed by atoms with Crippen molar-refractivity contribution in [2.45, 2.75) is 6.92 Å². The van der Waals surface area contributed by atoms with E-state index in [0.717, 1.165) is 11.3 Å². The smallest absolute Gasteiger partial charge is 0.221 e. The molecule has 1 heterocycles. The van der Waals surface area contributed by atoms with E-state index in [9.17, 15) is 4.39 Å². The molecule has 0 aliphatic carbocycles. The Labute approximate surface area is 106 Å². The first-order valence-electron chi connectivity index (χ1n) is 4.87. The molecule has 0 atom stereocenters. The Bertz CT molecular complexity index is 577. The molecule has 0 aliphatic heterocycles. The summed E-state index contributed by atoms with van der Waals surface area (Å²) in [5.74, 6) is 0.0140. The number of aromatic nitrogens is 2. The highest BCUT2D eigenvalue weighted by atomic mass is 79.9. The molecule has 0 spiro atoms. The van der Waals surface area contributed by atoms with Gasteiger partial charge in [0.05, 0.1) is 22.6 Å². The third-order valence-corrected chi connectivity index (χ3v) is 2.72. The fraction of sp³-hybridized carbons (Fsp3) is 0.0909. The molecular formula is C11H10BrFN4. The average Bonchev–Trinajstić information content (AvgIpc) is 2.59. The van der Waals surface area contributed by atoms with Crippen LogP contribution < -0.4 is 5.73 Å². The summed E-state index contributed by atoms with van der Waals surface area (Å²) in [7, 11) is 0. The molecule has 0 aliphatic rings. The number of nitrogens with two attached hydrogens (primary N) is 1. The summed E-state index contributed by atoms with van der Waals surface area (Å²) in [6.07, 6.45) is 3.30. The predicted molar refractivity (Wildman–Crippen MR) is 68.5 cm³/mol. The molecule has 0 fully saturated rings. The molecule has 0 amide bonds. The number of hydrogen-bond donors (Lipinski definition) is 1. The summed E-state index contributed by atoms with van der Waals surface area (Å²) < 4.78 is 14.9. The lowest BCUT2D eigenvalue weighted by Crippen LogP contribution is -1.97. The fourth-order valence-corrected chi connectivity index (χ4v) is 1.71. The second-order valence-electron chi connectivity index (χ2n) is 3.50. The van der Waals surface area contributed by atoms with Crippen LogP contribution in [-0.4, -0.2) is 15.9 Å². The Kier molecular flexibility index (Phi) is 3.23. The van der Waals surface area contributed by atoms with E-state index in [2.05, 4.69) is 26.0 Å². The van der Waals surface area contributed by atoms with Crippen LogP contribution in [0.15, 0.2) is 34.0 Å². The highest BCUT2D eigenvalue weighted by molar-refractivity contribution is 9.10. The van der Waals surface area contributed by atoms with Gasteiger partial charge in [0.15, 0.2) is 0 Å². The molecule has 0 radical (unpaired) electrons. The predicted octanol–water partition coefficient (Wildman–Crippen LogP) is 2.56. The van der Waals surface area contributed by atoms with Crippen molar-refractivity contribution in [2.24, 2.45) is 5.10 Å². The van der Waals surface area contributed by atoms with Crippen molar-refractivity contribution in [3.63, 3.8) is 0 Å². The summed E-state index contributed by atoms with van der Waals surface area (Å²) in [6.45, 7) is 1.83. The summed E-state index contributed by atoms with van der Waals surface area (Å²) in [5, 5.41) is 4.13. The van der Waals surface area contributed by atoms with Gasteiger partial charge in [-0.05, 0) is 40.5 Å². The minimum absolute atomic E-state index is 0.305. The average molecular weight is 297 g/mol. The summed E-state index contributed by atoms with van der Waals surface area (Å²) >= 11 is 3.11. The highest BCUT2D eigenvalue weighted by Crippen LogP contribution is 2.15. The molecule has 0 saturated carbocycles. The maximum absolute atomic E-state index is 13.0. The number of rotatable bonds is 2. The lowest BCUT2D eigenvalue weighted by molar-refractivity contribution is 0.621. The number of imidazole rings is 1. The SMILES string of the molecule is Cc1cn(N=Cc2ccc(F)c(Br)c2)c(N)n1. The van der Waals surface area contributed by atoms with Gasteiger partial charge < -0.3 is 5.73 Å². The van der Waals surface area contributed by atoms with E-state index in [0.29, 0.717) is 10.4 Å². The van der Waals surface area contributed by atoms with Crippen LogP contribution in [-0.2, 0) is 0 Å². The molecule has 4 nitrogen and oxygen atoms in total. The quantitative estimate of drug-likeness (QED) is 0.866. The lowest BCUT2D eigenvalue weighted by atomic mass is 10.2. The van der Waals surface area contributed by atoms with Gasteiger partial charge in [0.25, 0.3) is 0 Å². The van der Waals surface area contributed by atoms with E-state index in [1.807, 2.05) is 6.92 Å². The zero-order valence-electron chi connectivity index (χ0n) is 9.06. The number of nitrogen functional groups attached to an aromatic ring is 1. The van der Waals surface area contributed by atoms with Crippen molar-refractivity contribution in [3.05, 3.63) is 45.9 Å². The third-order valence-electron chi connectivity index (χ3n) is 2.11. The topological polar surface area (TPSA) is 56.2 Å². The molecule has 2 rings (SSSR count). The maximum atomic E-state index is 13.0. The van der Waals surface area contributed by atoms with Gasteiger partial charge in [0.1, 0.15) is 5.82 Å². The largest absolute Gasteiger partial charge is 0.368 e. The van der Waals surface area contributed by atoms with Gasteiger partial charge >= 0.3 is 0 Å². The molecule has 0 saturated heterocycles. The third kappa shape index (κ3) is 2.71. The van der Waals surface area contributed by atoms with Crippen molar-refractivity contribution in [1.29, 1.82) is 0 Å². The van der Waals surface area contributed by atoms with Crippen LogP contribution in [0.2, 0.25) is 0 Å². The summed E-state index contributed by atoms with van der Waals surface area (Å²) in [5.41, 5.74) is 7.19. The molecule has 17 heavy (non-hydrogen) atoms. The molecule has 6 heteroatoms. The van der Waals surface area contributed by atoms with E-state index < -0.39 is 0 Å². The normalized spacial score (nSPS) is 11.2. The first kappa shape index (κ1) is 11.8. The first-order valence-corrected chi connectivity index (χ1v) is 5.66. The van der Waals surface area contributed by atoms with Gasteiger partial charge in [-0.2, -0.15) is 5.10 Å². The molecule has 0 unspecified atom stereocenters. The fourth-order valence-electron chi connectivity index (χ4n) is 1.32. The second kappa shape index (κ2) is 4.67. The molecule has 88 valence electrons. The van der Waals surface area contributed by atoms with Crippen LogP contribution in [0.4, 0.5) is 10.3 Å². The van der Waals surface area contributed by atoms with Gasteiger partial charge in [0.2, 0.25) is 5.95 Å². The van der Waals surface area contributed by atoms with Crippen LogP contribution in [0, 0.1) is 12.7 Å². The summed E-state index contributed by atoms with van der Waals surface area (Å²) in [6, 6.07) is 4.64.